The number of nitrogens with zero attached hydrogens (tertiary/aromatic N) is 2. The Morgan fingerprint density at radius 3 is 2.78 bits per heavy atom. The number of carbonyl (C=O) groups is 3. The summed E-state index contributed by atoms with van der Waals surface area (Å²) < 4.78 is 5.15. The number of piperidine rings is 1. The van der Waals surface area contributed by atoms with Crippen molar-refractivity contribution in [1.82, 2.24) is 15.3 Å². The number of ether oxygens (including phenoxy) is 1. The molecule has 23 heavy (non-hydrogen) atoms. The molecule has 2 aliphatic rings. The minimum Gasteiger partial charge on any atom is -0.444 e. The maximum atomic E-state index is 12.3. The van der Waals surface area contributed by atoms with Gasteiger partial charge in [0.15, 0.2) is 5.78 Å². The van der Waals surface area contributed by atoms with Gasteiger partial charge in [-0.05, 0) is 20.8 Å². The Hall–Kier alpha value is -2.09. The smallest absolute Gasteiger partial charge is 0.407 e. The van der Waals surface area contributed by atoms with Crippen LogP contribution in [0.3, 0.4) is 0 Å². The molecular weight excluding hydrogens is 302 g/mol. The number of nitrogens with one attached hydrogen (secondary N) is 1. The van der Waals surface area contributed by atoms with Crippen LogP contribution in [0.15, 0.2) is 12.7 Å². The van der Waals surface area contributed by atoms with Crippen LogP contribution in [0.25, 0.3) is 0 Å². The monoisotopic (exact) mass is 327 g/mol. The van der Waals surface area contributed by atoms with Gasteiger partial charge in [-0.2, -0.15) is 5.06 Å². The summed E-state index contributed by atoms with van der Waals surface area (Å²) in [6, 6.07) is -1.34. The van der Waals surface area contributed by atoms with E-state index in [1.165, 1.54) is 6.08 Å². The van der Waals surface area contributed by atoms with Gasteiger partial charge in [0.25, 0.3) is 0 Å². The zero-order valence-corrected chi connectivity index (χ0v) is 13.7. The van der Waals surface area contributed by atoms with Gasteiger partial charge in [-0.3, -0.25) is 9.63 Å². The molecule has 2 atom stereocenters. The van der Waals surface area contributed by atoms with Gasteiger partial charge in [0.2, 0.25) is 0 Å². The maximum Gasteiger partial charge on any atom is 0.407 e. The number of amides is 3. The summed E-state index contributed by atoms with van der Waals surface area (Å²) >= 11 is 0. The molecule has 0 aromatic heterocycles. The molecule has 8 heteroatoms. The van der Waals surface area contributed by atoms with Gasteiger partial charge < -0.3 is 15.0 Å². The molecule has 0 aromatic rings. The molecule has 2 fully saturated rings. The van der Waals surface area contributed by atoms with E-state index < -0.39 is 23.8 Å². The lowest BCUT2D eigenvalue weighted by molar-refractivity contribution is -0.146. The van der Waals surface area contributed by atoms with E-state index in [1.807, 2.05) is 0 Å². The lowest BCUT2D eigenvalue weighted by Crippen LogP contribution is -2.50. The van der Waals surface area contributed by atoms with Crippen LogP contribution in [-0.2, 0) is 14.4 Å². The molecule has 2 saturated heterocycles. The van der Waals surface area contributed by atoms with Gasteiger partial charge in [-0.25, -0.2) is 9.59 Å². The molecule has 0 aromatic carbocycles. The summed E-state index contributed by atoms with van der Waals surface area (Å²) in [5.74, 6) is -0.0767. The maximum absolute atomic E-state index is 12.3. The van der Waals surface area contributed by atoms with Crippen molar-refractivity contribution < 1.29 is 25.4 Å². The molecule has 2 rings (SSSR count). The number of ketones is 1. The first-order chi connectivity index (χ1) is 10.7. The molecule has 0 unspecified atom stereocenters. The van der Waals surface area contributed by atoms with Crippen LogP contribution >= 0.6 is 0 Å². The predicted octanol–water partition coefficient (Wildman–Crippen LogP) is 1.32. The lowest BCUT2D eigenvalue weighted by Gasteiger charge is -2.30. The molecule has 130 valence electrons. The van der Waals surface area contributed by atoms with E-state index in [2.05, 4.69) is 11.9 Å². The van der Waals surface area contributed by atoms with Crippen LogP contribution in [0.1, 0.15) is 28.6 Å². The predicted molar refractivity (Wildman–Crippen MR) is 83.6 cm³/mol. The van der Waals surface area contributed by atoms with Gasteiger partial charge in [0.05, 0.1) is 19.2 Å². The van der Waals surface area contributed by atoms with Gasteiger partial charge >= 0.3 is 12.1 Å². The quantitative estimate of drug-likeness (QED) is 0.770. The lowest BCUT2D eigenvalue weighted by atomic mass is 9.99. The number of hydroxylamine groups is 2. The molecule has 2 heterocycles. The molecule has 2 bridgehead atoms. The molecule has 2 aliphatic heterocycles. The standard InChI is InChI=1S/C15H23N3O5.H2/c1-5-6-22-18-11-9-17(14(18)21)10(7-12(11)19)8-16-13(20)23-15(2,3)4;/h5,10-11H,1,6-9H2,2-4H3,(H,16,20);1H/t10-,11-;/m0./s1. The largest absolute Gasteiger partial charge is 0.444 e. The summed E-state index contributed by atoms with van der Waals surface area (Å²) in [5.41, 5.74) is -0.601. The van der Waals surface area contributed by atoms with Crippen LogP contribution in [0, 0.1) is 0 Å². The summed E-state index contributed by atoms with van der Waals surface area (Å²) in [4.78, 5) is 43.0. The number of Topliss-reactive ketones (excluding diaryl/α,β-unsaturated/α-hetero) is 1. The summed E-state index contributed by atoms with van der Waals surface area (Å²) in [7, 11) is 0. The van der Waals surface area contributed by atoms with Crippen molar-refractivity contribution >= 4 is 17.9 Å². The van der Waals surface area contributed by atoms with E-state index in [0.717, 1.165) is 5.06 Å². The van der Waals surface area contributed by atoms with E-state index >= 15 is 0 Å². The fourth-order valence-corrected chi connectivity index (χ4v) is 2.59. The van der Waals surface area contributed by atoms with Crippen molar-refractivity contribution in [2.45, 2.75) is 44.9 Å². The average molecular weight is 327 g/mol. The first kappa shape index (κ1) is 17.3. The summed E-state index contributed by atoms with van der Waals surface area (Å²) in [5, 5.41) is 3.72. The highest BCUT2D eigenvalue weighted by molar-refractivity contribution is 5.94. The normalized spacial score (nSPS) is 24.0. The van der Waals surface area contributed by atoms with Crippen LogP contribution in [-0.4, -0.2) is 65.3 Å². The van der Waals surface area contributed by atoms with Crippen molar-refractivity contribution in [2.75, 3.05) is 19.7 Å². The van der Waals surface area contributed by atoms with Crippen LogP contribution in [0.4, 0.5) is 9.59 Å². The van der Waals surface area contributed by atoms with E-state index in [1.54, 1.807) is 25.7 Å². The van der Waals surface area contributed by atoms with Gasteiger partial charge in [-0.1, -0.05) is 6.08 Å². The third-order valence-corrected chi connectivity index (χ3v) is 3.55. The molecule has 0 radical (unpaired) electrons. The fraction of sp³-hybridized carbons (Fsp3) is 0.667. The number of alkyl carbamates (subject to hydrolysis) is 1. The average Bonchev–Trinajstić information content (AvgIpc) is 2.72. The van der Waals surface area contributed by atoms with Crippen molar-refractivity contribution in [3.05, 3.63) is 12.7 Å². The Morgan fingerprint density at radius 2 is 2.17 bits per heavy atom. The number of urea groups is 1. The van der Waals surface area contributed by atoms with Crippen LogP contribution in [0.2, 0.25) is 0 Å². The Balaban J connectivity index is 0.00000288. The topological polar surface area (TPSA) is 88.2 Å². The SMILES string of the molecule is C=CCON1C(=O)N2C[C@H]1C(=O)C[C@H]2CNC(=O)OC(C)(C)C.[HH]. The highest BCUT2D eigenvalue weighted by atomic mass is 16.7. The number of hydrogen-bond donors (Lipinski definition) is 1. The first-order valence-electron chi connectivity index (χ1n) is 7.56. The zero-order chi connectivity index (χ0) is 17.2. The van der Waals surface area contributed by atoms with E-state index in [0.29, 0.717) is 0 Å². The van der Waals surface area contributed by atoms with Gasteiger partial charge in [0.1, 0.15) is 11.6 Å². The molecule has 0 saturated carbocycles. The van der Waals surface area contributed by atoms with Gasteiger partial charge in [-0.15, -0.1) is 6.58 Å². The Labute approximate surface area is 136 Å². The molecule has 8 nitrogen and oxygen atoms in total. The van der Waals surface area contributed by atoms with Crippen LogP contribution in [0.5, 0.6) is 0 Å². The second-order valence-electron chi connectivity index (χ2n) is 6.57. The number of carbonyl (C=O) groups excluding carboxylic acids is 3. The second kappa shape index (κ2) is 6.57. The van der Waals surface area contributed by atoms with Crippen molar-refractivity contribution in [2.24, 2.45) is 0 Å². The highest BCUT2D eigenvalue weighted by Gasteiger charge is 2.50. The van der Waals surface area contributed by atoms with Crippen molar-refractivity contribution in [1.29, 1.82) is 0 Å². The minimum atomic E-state index is -0.601. The minimum absolute atomic E-state index is 0. The van der Waals surface area contributed by atoms with Crippen molar-refractivity contribution in [3.8, 4) is 0 Å². The third kappa shape index (κ3) is 4.01. The molecule has 0 spiro atoms. The second-order valence-corrected chi connectivity index (χ2v) is 6.57. The fourth-order valence-electron chi connectivity index (χ4n) is 2.59. The molecule has 0 aliphatic carbocycles. The highest BCUT2D eigenvalue weighted by Crippen LogP contribution is 2.27. The van der Waals surface area contributed by atoms with Crippen molar-refractivity contribution in [3.63, 3.8) is 0 Å². The molecule has 3 amide bonds. The Bertz CT molecular complexity index is 520. The van der Waals surface area contributed by atoms with E-state index in [9.17, 15) is 14.4 Å². The van der Waals surface area contributed by atoms with Crippen LogP contribution < -0.4 is 5.32 Å². The Kier molecular flexibility index (Phi) is 4.93. The number of rotatable bonds is 5. The number of hydrogen-bond acceptors (Lipinski definition) is 5. The zero-order valence-electron chi connectivity index (χ0n) is 13.7. The number of fused-ring (bicyclic) bond motifs is 2. The Morgan fingerprint density at radius 1 is 1.48 bits per heavy atom. The van der Waals surface area contributed by atoms with Gasteiger partial charge in [0, 0.05) is 14.4 Å². The third-order valence-electron chi connectivity index (χ3n) is 3.55. The summed E-state index contributed by atoms with van der Waals surface area (Å²) in [6.07, 6.45) is 1.12. The summed E-state index contributed by atoms with van der Waals surface area (Å²) in [6.45, 7) is 9.40. The molecule has 1 N–H and O–H groups in total. The first-order valence-corrected chi connectivity index (χ1v) is 7.56. The molecular formula is C15H25N3O5. The van der Waals surface area contributed by atoms with E-state index in [4.69, 9.17) is 9.57 Å². The van der Waals surface area contributed by atoms with E-state index in [-0.39, 0.29) is 39.4 Å².